The van der Waals surface area contributed by atoms with Crippen LogP contribution in [-0.2, 0) is 0 Å². The quantitative estimate of drug-likeness (QED) is 0.756. The normalized spacial score (nSPS) is 11.5. The second-order valence-electron chi connectivity index (χ2n) is 4.58. The summed E-state index contributed by atoms with van der Waals surface area (Å²) in [5.41, 5.74) is 1.15. The third-order valence-electron chi connectivity index (χ3n) is 3.02. The lowest BCUT2D eigenvalue weighted by molar-refractivity contribution is 0.0976. The molecule has 0 fully saturated rings. The third kappa shape index (κ3) is 4.34. The maximum atomic E-state index is 12.8. The Bertz CT molecular complexity index is 647. The molecule has 0 saturated carbocycles. The molecule has 0 unspecified atom stereocenters. The van der Waals surface area contributed by atoms with Crippen molar-refractivity contribution in [3.63, 3.8) is 0 Å². The van der Waals surface area contributed by atoms with Crippen LogP contribution in [0.2, 0.25) is 0 Å². The molecule has 114 valence electrons. The number of carbonyl (C=O) groups is 1. The second kappa shape index (κ2) is 7.63. The van der Waals surface area contributed by atoms with Crippen molar-refractivity contribution in [1.82, 2.24) is 10.6 Å². The summed E-state index contributed by atoms with van der Waals surface area (Å²) in [6.07, 6.45) is 0. The highest BCUT2D eigenvalue weighted by Crippen LogP contribution is 2.11. The number of hydrogen-bond acceptors (Lipinski definition) is 3. The molecule has 1 amide bonds. The fraction of sp³-hybridized carbons (Fsp3) is 0.125. The van der Waals surface area contributed by atoms with Crippen LogP contribution in [0.1, 0.15) is 22.0 Å². The Hall–Kier alpha value is -2.31. The van der Waals surface area contributed by atoms with E-state index in [1.807, 2.05) is 30.3 Å². The van der Waals surface area contributed by atoms with Gasteiger partial charge in [0.2, 0.25) is 0 Å². The monoisotopic (exact) mass is 318 g/mol. The van der Waals surface area contributed by atoms with Crippen molar-refractivity contribution in [3.05, 3.63) is 71.5 Å². The molecule has 4 nitrogen and oxygen atoms in total. The molecule has 6 heteroatoms. The molecule has 2 rings (SSSR count). The van der Waals surface area contributed by atoms with E-state index < -0.39 is 17.8 Å². The minimum atomic E-state index is -0.442. The maximum absolute atomic E-state index is 12.8. The Kier molecular flexibility index (Phi) is 5.57. The number of nitrogens with one attached hydrogen (secondary N) is 2. The van der Waals surface area contributed by atoms with Gasteiger partial charge in [0.05, 0.1) is 12.6 Å². The number of halogens is 1. The van der Waals surface area contributed by atoms with Gasteiger partial charge < -0.3 is 10.4 Å². The lowest BCUT2D eigenvalue weighted by Gasteiger charge is -2.18. The molecule has 0 spiro atoms. The molecule has 0 radical (unpaired) electrons. The van der Waals surface area contributed by atoms with Gasteiger partial charge in [-0.1, -0.05) is 30.3 Å². The Labute approximate surface area is 133 Å². The van der Waals surface area contributed by atoms with Crippen LogP contribution >= 0.6 is 12.2 Å². The summed E-state index contributed by atoms with van der Waals surface area (Å²) in [4.78, 5) is 11.9. The first kappa shape index (κ1) is 16.1. The number of aliphatic hydroxyl groups excluding tert-OH is 1. The minimum Gasteiger partial charge on any atom is -0.394 e. The number of amides is 1. The van der Waals surface area contributed by atoms with Gasteiger partial charge in [0.1, 0.15) is 5.82 Å². The molecule has 0 heterocycles. The van der Waals surface area contributed by atoms with Crippen LogP contribution in [0.25, 0.3) is 0 Å². The Morgan fingerprint density at radius 1 is 1.14 bits per heavy atom. The highest BCUT2D eigenvalue weighted by Gasteiger charge is 2.13. The molecule has 2 aromatic carbocycles. The van der Waals surface area contributed by atoms with Crippen molar-refractivity contribution >= 4 is 23.2 Å². The van der Waals surface area contributed by atoms with Crippen LogP contribution in [0.15, 0.2) is 54.6 Å². The van der Waals surface area contributed by atoms with E-state index in [9.17, 15) is 14.3 Å². The molecule has 22 heavy (non-hydrogen) atoms. The van der Waals surface area contributed by atoms with E-state index in [1.54, 1.807) is 0 Å². The van der Waals surface area contributed by atoms with Gasteiger partial charge in [-0.15, -0.1) is 0 Å². The molecule has 0 aliphatic heterocycles. The van der Waals surface area contributed by atoms with Crippen LogP contribution in [0.5, 0.6) is 0 Å². The molecule has 0 aliphatic rings. The molecule has 1 atom stereocenters. The summed E-state index contributed by atoms with van der Waals surface area (Å²) in [7, 11) is 0. The average Bonchev–Trinajstić information content (AvgIpc) is 2.54. The number of hydrogen-bond donors (Lipinski definition) is 3. The minimum absolute atomic E-state index is 0.0947. The fourth-order valence-corrected chi connectivity index (χ4v) is 2.13. The van der Waals surface area contributed by atoms with E-state index in [-0.39, 0.29) is 11.7 Å². The van der Waals surface area contributed by atoms with Crippen molar-refractivity contribution < 1.29 is 14.3 Å². The zero-order chi connectivity index (χ0) is 15.9. The van der Waals surface area contributed by atoms with Crippen LogP contribution in [0.3, 0.4) is 0 Å². The summed E-state index contributed by atoms with van der Waals surface area (Å²) in [6.45, 7) is -0.170. The molecular formula is C16H15FN2O2S. The smallest absolute Gasteiger partial charge is 0.257 e. The van der Waals surface area contributed by atoms with E-state index in [0.717, 1.165) is 5.56 Å². The molecule has 0 aliphatic carbocycles. The van der Waals surface area contributed by atoms with Gasteiger partial charge in [0.25, 0.3) is 5.91 Å². The van der Waals surface area contributed by atoms with E-state index in [2.05, 4.69) is 10.6 Å². The van der Waals surface area contributed by atoms with Gasteiger partial charge in [-0.25, -0.2) is 4.39 Å². The number of thiocarbonyl (C=S) groups is 1. The Balaban J connectivity index is 1.97. The van der Waals surface area contributed by atoms with Crippen molar-refractivity contribution in [2.24, 2.45) is 0 Å². The van der Waals surface area contributed by atoms with E-state index >= 15 is 0 Å². The summed E-state index contributed by atoms with van der Waals surface area (Å²) in [6, 6.07) is 14.0. The molecule has 2 aromatic rings. The van der Waals surface area contributed by atoms with Crippen LogP contribution in [-0.4, -0.2) is 22.7 Å². The molecule has 0 saturated heterocycles. The lowest BCUT2D eigenvalue weighted by atomic mass is 10.1. The van der Waals surface area contributed by atoms with Crippen molar-refractivity contribution in [1.29, 1.82) is 0 Å². The summed E-state index contributed by atoms with van der Waals surface area (Å²) < 4.78 is 12.8. The van der Waals surface area contributed by atoms with Crippen molar-refractivity contribution in [2.45, 2.75) is 6.04 Å². The Morgan fingerprint density at radius 3 is 2.36 bits per heavy atom. The maximum Gasteiger partial charge on any atom is 0.257 e. The second-order valence-corrected chi connectivity index (χ2v) is 4.99. The molecule has 3 N–H and O–H groups in total. The van der Waals surface area contributed by atoms with Gasteiger partial charge in [-0.3, -0.25) is 10.1 Å². The zero-order valence-electron chi connectivity index (χ0n) is 11.6. The van der Waals surface area contributed by atoms with Crippen LogP contribution < -0.4 is 10.6 Å². The average molecular weight is 318 g/mol. The van der Waals surface area contributed by atoms with E-state index in [0.29, 0.717) is 5.56 Å². The predicted octanol–water partition coefficient (Wildman–Crippen LogP) is 2.16. The first-order valence-electron chi connectivity index (χ1n) is 6.63. The first-order chi connectivity index (χ1) is 10.6. The largest absolute Gasteiger partial charge is 0.394 e. The van der Waals surface area contributed by atoms with E-state index in [4.69, 9.17) is 12.2 Å². The van der Waals surface area contributed by atoms with Crippen LogP contribution in [0.4, 0.5) is 4.39 Å². The summed E-state index contributed by atoms with van der Waals surface area (Å²) in [5, 5.41) is 14.9. The van der Waals surface area contributed by atoms with Gasteiger partial charge in [0.15, 0.2) is 5.11 Å². The van der Waals surface area contributed by atoms with Crippen LogP contribution in [0, 0.1) is 5.82 Å². The van der Waals surface area contributed by atoms with Gasteiger partial charge in [-0.05, 0) is 42.0 Å². The molecule has 0 aromatic heterocycles. The highest BCUT2D eigenvalue weighted by molar-refractivity contribution is 7.80. The zero-order valence-corrected chi connectivity index (χ0v) is 12.4. The Morgan fingerprint density at radius 2 is 1.77 bits per heavy atom. The SMILES string of the molecule is O=C(NC(=S)N[C@@H](CO)c1ccccc1)c1ccc(F)cc1. The standard InChI is InChI=1S/C16H15FN2O2S/c17-13-8-6-12(7-9-13)15(21)19-16(22)18-14(10-20)11-4-2-1-3-5-11/h1-9,14,20H,10H2,(H2,18,19,21,22)/t14-/m0/s1. The highest BCUT2D eigenvalue weighted by atomic mass is 32.1. The summed E-state index contributed by atoms with van der Waals surface area (Å²) in [5.74, 6) is -0.857. The lowest BCUT2D eigenvalue weighted by Crippen LogP contribution is -2.42. The topological polar surface area (TPSA) is 61.4 Å². The molecule has 0 bridgehead atoms. The van der Waals surface area contributed by atoms with E-state index in [1.165, 1.54) is 24.3 Å². The van der Waals surface area contributed by atoms with Gasteiger partial charge in [0, 0.05) is 5.56 Å². The number of rotatable bonds is 4. The summed E-state index contributed by atoms with van der Waals surface area (Å²) >= 11 is 5.07. The van der Waals surface area contributed by atoms with Crippen molar-refractivity contribution in [2.75, 3.05) is 6.61 Å². The first-order valence-corrected chi connectivity index (χ1v) is 7.04. The van der Waals surface area contributed by atoms with Crippen molar-refractivity contribution in [3.8, 4) is 0 Å². The number of carbonyl (C=O) groups excluding carboxylic acids is 1. The predicted molar refractivity (Wildman–Crippen MR) is 85.9 cm³/mol. The number of benzene rings is 2. The van der Waals surface area contributed by atoms with Gasteiger partial charge >= 0.3 is 0 Å². The fourth-order valence-electron chi connectivity index (χ4n) is 1.89. The third-order valence-corrected chi connectivity index (χ3v) is 3.24. The van der Waals surface area contributed by atoms with Gasteiger partial charge in [-0.2, -0.15) is 0 Å². The molecular weight excluding hydrogens is 303 g/mol. The number of aliphatic hydroxyl groups is 1.